The number of anilines is 1. The van der Waals surface area contributed by atoms with Crippen molar-refractivity contribution in [2.75, 3.05) is 5.32 Å². The summed E-state index contributed by atoms with van der Waals surface area (Å²) in [5.41, 5.74) is 2.63. The number of rotatable bonds is 3. The van der Waals surface area contributed by atoms with Crippen LogP contribution in [0, 0.1) is 24.7 Å². The molecule has 0 amide bonds. The highest BCUT2D eigenvalue weighted by Gasteiger charge is 2.30. The minimum Gasteiger partial charge on any atom is -0.382 e. The second-order valence-electron chi connectivity index (χ2n) is 6.45. The van der Waals surface area contributed by atoms with Gasteiger partial charge < -0.3 is 5.32 Å². The molecule has 18 heavy (non-hydrogen) atoms. The van der Waals surface area contributed by atoms with Crippen LogP contribution < -0.4 is 5.32 Å². The molecule has 1 aromatic rings. The van der Waals surface area contributed by atoms with Crippen molar-refractivity contribution < 1.29 is 0 Å². The van der Waals surface area contributed by atoms with Crippen LogP contribution in [0.3, 0.4) is 0 Å². The molecular formula is C17H27N. The van der Waals surface area contributed by atoms with E-state index < -0.39 is 0 Å². The van der Waals surface area contributed by atoms with Gasteiger partial charge in [-0.3, -0.25) is 0 Å². The Morgan fingerprint density at radius 1 is 1.22 bits per heavy atom. The molecule has 0 saturated heterocycles. The monoisotopic (exact) mass is 245 g/mol. The van der Waals surface area contributed by atoms with E-state index in [2.05, 4.69) is 57.3 Å². The van der Waals surface area contributed by atoms with E-state index in [-0.39, 0.29) is 0 Å². The third-order valence-electron chi connectivity index (χ3n) is 4.39. The molecule has 1 nitrogen and oxygen atoms in total. The third kappa shape index (κ3) is 3.28. The van der Waals surface area contributed by atoms with E-state index in [1.165, 1.54) is 30.5 Å². The van der Waals surface area contributed by atoms with Crippen LogP contribution in [0.2, 0.25) is 0 Å². The second kappa shape index (κ2) is 5.77. The predicted octanol–water partition coefficient (Wildman–Crippen LogP) is 4.87. The number of hydrogen-bond acceptors (Lipinski definition) is 1. The average Bonchev–Trinajstić information content (AvgIpc) is 2.28. The van der Waals surface area contributed by atoms with Gasteiger partial charge in [0.05, 0.1) is 0 Å². The maximum Gasteiger partial charge on any atom is 0.0345 e. The van der Waals surface area contributed by atoms with Gasteiger partial charge in [-0.1, -0.05) is 39.3 Å². The normalized spacial score (nSPS) is 28.4. The predicted molar refractivity (Wildman–Crippen MR) is 79.9 cm³/mol. The first-order valence-corrected chi connectivity index (χ1v) is 7.39. The van der Waals surface area contributed by atoms with Crippen molar-refractivity contribution in [2.24, 2.45) is 17.8 Å². The van der Waals surface area contributed by atoms with Gasteiger partial charge in [-0.15, -0.1) is 0 Å². The van der Waals surface area contributed by atoms with Gasteiger partial charge in [0.15, 0.2) is 0 Å². The average molecular weight is 245 g/mol. The second-order valence-corrected chi connectivity index (χ2v) is 6.45. The van der Waals surface area contributed by atoms with Crippen LogP contribution in [0.4, 0.5) is 5.69 Å². The van der Waals surface area contributed by atoms with Crippen LogP contribution in [-0.2, 0) is 0 Å². The molecule has 0 bridgehead atoms. The summed E-state index contributed by atoms with van der Waals surface area (Å²) >= 11 is 0. The summed E-state index contributed by atoms with van der Waals surface area (Å²) in [5.74, 6) is 2.46. The molecule has 1 heteroatoms. The van der Waals surface area contributed by atoms with Crippen molar-refractivity contribution in [1.82, 2.24) is 0 Å². The zero-order valence-electron chi connectivity index (χ0n) is 12.2. The Hall–Kier alpha value is -0.980. The lowest BCUT2D eigenvalue weighted by Gasteiger charge is -2.38. The van der Waals surface area contributed by atoms with Crippen LogP contribution in [0.15, 0.2) is 24.3 Å². The Labute approximate surface area is 112 Å². The smallest absolute Gasteiger partial charge is 0.0345 e. The molecule has 3 atom stereocenters. The zero-order valence-corrected chi connectivity index (χ0v) is 12.2. The molecule has 1 saturated carbocycles. The molecule has 1 fully saturated rings. The van der Waals surface area contributed by atoms with Crippen molar-refractivity contribution in [3.63, 3.8) is 0 Å². The minimum absolute atomic E-state index is 0.649. The van der Waals surface area contributed by atoms with Gasteiger partial charge in [0.25, 0.3) is 0 Å². The number of benzene rings is 1. The molecule has 0 aromatic heterocycles. The van der Waals surface area contributed by atoms with Crippen LogP contribution in [0.1, 0.15) is 45.6 Å². The minimum atomic E-state index is 0.649. The first-order valence-electron chi connectivity index (χ1n) is 7.39. The fourth-order valence-electron chi connectivity index (χ4n) is 3.32. The molecule has 1 N–H and O–H groups in total. The molecular weight excluding hydrogens is 218 g/mol. The van der Waals surface area contributed by atoms with Crippen molar-refractivity contribution in [3.05, 3.63) is 29.8 Å². The van der Waals surface area contributed by atoms with Crippen molar-refractivity contribution >= 4 is 5.69 Å². The Bertz CT molecular complexity index is 383. The lowest BCUT2D eigenvalue weighted by atomic mass is 9.74. The number of hydrogen-bond donors (Lipinski definition) is 1. The highest BCUT2D eigenvalue weighted by atomic mass is 14.9. The van der Waals surface area contributed by atoms with E-state index >= 15 is 0 Å². The molecule has 0 spiro atoms. The van der Waals surface area contributed by atoms with Crippen molar-refractivity contribution in [1.29, 1.82) is 0 Å². The highest BCUT2D eigenvalue weighted by Crippen LogP contribution is 2.35. The van der Waals surface area contributed by atoms with Gasteiger partial charge in [-0.25, -0.2) is 0 Å². The maximum atomic E-state index is 3.78. The lowest BCUT2D eigenvalue weighted by molar-refractivity contribution is 0.212. The summed E-state index contributed by atoms with van der Waals surface area (Å²) in [6, 6.07) is 9.42. The third-order valence-corrected chi connectivity index (χ3v) is 4.39. The Morgan fingerprint density at radius 3 is 2.67 bits per heavy atom. The summed E-state index contributed by atoms with van der Waals surface area (Å²) in [6.45, 7) is 9.28. The van der Waals surface area contributed by atoms with E-state index in [0.717, 1.165) is 17.8 Å². The summed E-state index contributed by atoms with van der Waals surface area (Å²) in [7, 11) is 0. The summed E-state index contributed by atoms with van der Waals surface area (Å²) in [5, 5.41) is 3.78. The fourth-order valence-corrected chi connectivity index (χ4v) is 3.32. The molecule has 100 valence electrons. The Balaban J connectivity index is 2.08. The quantitative estimate of drug-likeness (QED) is 0.801. The molecule has 3 unspecified atom stereocenters. The zero-order chi connectivity index (χ0) is 13.1. The Morgan fingerprint density at radius 2 is 2.00 bits per heavy atom. The van der Waals surface area contributed by atoms with E-state index in [9.17, 15) is 0 Å². The van der Waals surface area contributed by atoms with Gasteiger partial charge in [0.1, 0.15) is 0 Å². The molecule has 1 aliphatic rings. The standard InChI is InChI=1S/C17H27N/c1-12(2)16-9-8-14(4)11-17(16)18-15-7-5-6-13(3)10-15/h5-7,10,12,14,16-18H,8-9,11H2,1-4H3. The molecule has 0 radical (unpaired) electrons. The maximum absolute atomic E-state index is 3.78. The van der Waals surface area contributed by atoms with Gasteiger partial charge in [-0.05, 0) is 55.2 Å². The van der Waals surface area contributed by atoms with Crippen molar-refractivity contribution in [2.45, 2.75) is 53.0 Å². The van der Waals surface area contributed by atoms with E-state index in [0.29, 0.717) is 6.04 Å². The van der Waals surface area contributed by atoms with Crippen LogP contribution in [0.5, 0.6) is 0 Å². The summed E-state index contributed by atoms with van der Waals surface area (Å²) in [4.78, 5) is 0. The van der Waals surface area contributed by atoms with Crippen molar-refractivity contribution in [3.8, 4) is 0 Å². The van der Waals surface area contributed by atoms with E-state index in [1.54, 1.807) is 0 Å². The van der Waals surface area contributed by atoms with Gasteiger partial charge in [0.2, 0.25) is 0 Å². The lowest BCUT2D eigenvalue weighted by Crippen LogP contribution is -2.37. The molecule has 1 aliphatic carbocycles. The first-order chi connectivity index (χ1) is 8.56. The topological polar surface area (TPSA) is 12.0 Å². The Kier molecular flexibility index (Phi) is 4.31. The van der Waals surface area contributed by atoms with E-state index in [4.69, 9.17) is 0 Å². The van der Waals surface area contributed by atoms with Gasteiger partial charge >= 0.3 is 0 Å². The number of nitrogens with one attached hydrogen (secondary N) is 1. The first kappa shape index (κ1) is 13.5. The molecule has 2 rings (SSSR count). The van der Waals surface area contributed by atoms with E-state index in [1.807, 2.05) is 0 Å². The fraction of sp³-hybridized carbons (Fsp3) is 0.647. The molecule has 0 heterocycles. The SMILES string of the molecule is Cc1cccc(NC2CC(C)CCC2C(C)C)c1. The van der Waals surface area contributed by atoms with Crippen LogP contribution in [-0.4, -0.2) is 6.04 Å². The van der Waals surface area contributed by atoms with Crippen LogP contribution >= 0.6 is 0 Å². The van der Waals surface area contributed by atoms with Gasteiger partial charge in [0, 0.05) is 11.7 Å². The van der Waals surface area contributed by atoms with Gasteiger partial charge in [-0.2, -0.15) is 0 Å². The summed E-state index contributed by atoms with van der Waals surface area (Å²) in [6.07, 6.45) is 4.09. The number of aryl methyl sites for hydroxylation is 1. The highest BCUT2D eigenvalue weighted by molar-refractivity contribution is 5.46. The summed E-state index contributed by atoms with van der Waals surface area (Å²) < 4.78 is 0. The van der Waals surface area contributed by atoms with Crippen LogP contribution in [0.25, 0.3) is 0 Å². The molecule has 0 aliphatic heterocycles. The molecule has 1 aromatic carbocycles. The largest absolute Gasteiger partial charge is 0.382 e.